The first-order chi connectivity index (χ1) is 6.57. The van der Waals surface area contributed by atoms with Crippen molar-refractivity contribution < 1.29 is 0 Å². The highest BCUT2D eigenvalue weighted by Crippen LogP contribution is 2.21. The van der Waals surface area contributed by atoms with Gasteiger partial charge in [-0.25, -0.2) is 0 Å². The average molecular weight is 187 g/mol. The Balaban J connectivity index is 2.83. The number of hydrogen-bond donors (Lipinski definition) is 0. The summed E-state index contributed by atoms with van der Waals surface area (Å²) in [6.07, 6.45) is 1.89. The normalized spacial score (nSPS) is 11.0. The summed E-state index contributed by atoms with van der Waals surface area (Å²) in [5.74, 6) is 0. The molecule has 1 aromatic rings. The van der Waals surface area contributed by atoms with Crippen LogP contribution >= 0.6 is 0 Å². The minimum Gasteiger partial charge on any atom is -0.198 e. The van der Waals surface area contributed by atoms with Gasteiger partial charge in [-0.2, -0.15) is 5.26 Å². The second kappa shape index (κ2) is 4.28. The Morgan fingerprint density at radius 3 is 2.50 bits per heavy atom. The topological polar surface area (TPSA) is 23.8 Å². The lowest BCUT2D eigenvalue weighted by molar-refractivity contribution is 0.493. The zero-order chi connectivity index (χ0) is 10.6. The van der Waals surface area contributed by atoms with Crippen molar-refractivity contribution in [3.8, 4) is 6.07 Å². The molecule has 0 aliphatic carbocycles. The molecule has 0 fully saturated rings. The van der Waals surface area contributed by atoms with Gasteiger partial charge < -0.3 is 0 Å². The molecule has 74 valence electrons. The zero-order valence-corrected chi connectivity index (χ0v) is 9.17. The molecule has 0 unspecified atom stereocenters. The van der Waals surface area contributed by atoms with E-state index in [4.69, 9.17) is 5.26 Å². The van der Waals surface area contributed by atoms with E-state index in [-0.39, 0.29) is 5.41 Å². The van der Waals surface area contributed by atoms with Crippen molar-refractivity contribution in [3.05, 3.63) is 35.4 Å². The van der Waals surface area contributed by atoms with E-state index >= 15 is 0 Å². The number of rotatable bonds is 3. The average Bonchev–Trinajstić information content (AvgIpc) is 2.17. The van der Waals surface area contributed by atoms with Crippen molar-refractivity contribution in [2.75, 3.05) is 0 Å². The molecule has 0 saturated heterocycles. The number of nitrogens with zero attached hydrogens (tertiary/aromatic N) is 1. The summed E-state index contributed by atoms with van der Waals surface area (Å²) >= 11 is 0. The Labute approximate surface area is 86.4 Å². The minimum atomic E-state index is -0.258. The third-order valence-electron chi connectivity index (χ3n) is 2.35. The van der Waals surface area contributed by atoms with Gasteiger partial charge in [0.1, 0.15) is 0 Å². The Morgan fingerprint density at radius 2 is 1.93 bits per heavy atom. The van der Waals surface area contributed by atoms with Crippen LogP contribution in [-0.4, -0.2) is 0 Å². The molecule has 0 spiro atoms. The summed E-state index contributed by atoms with van der Waals surface area (Å²) < 4.78 is 0. The van der Waals surface area contributed by atoms with Gasteiger partial charge in [-0.15, -0.1) is 0 Å². The van der Waals surface area contributed by atoms with Gasteiger partial charge in [0.15, 0.2) is 0 Å². The van der Waals surface area contributed by atoms with Crippen LogP contribution in [0.4, 0.5) is 0 Å². The SMILES string of the molecule is CCc1cccc(CC(C)(C)C#N)c1. The Morgan fingerprint density at radius 1 is 1.29 bits per heavy atom. The highest BCUT2D eigenvalue weighted by molar-refractivity contribution is 5.25. The molecule has 0 aliphatic heterocycles. The maximum absolute atomic E-state index is 8.93. The van der Waals surface area contributed by atoms with Crippen molar-refractivity contribution in [2.45, 2.75) is 33.6 Å². The number of aryl methyl sites for hydroxylation is 1. The van der Waals surface area contributed by atoms with Gasteiger partial charge in [-0.05, 0) is 37.8 Å². The van der Waals surface area contributed by atoms with E-state index in [2.05, 4.69) is 37.3 Å². The smallest absolute Gasteiger partial charge is 0.0687 e. The summed E-state index contributed by atoms with van der Waals surface area (Å²) in [5, 5.41) is 8.93. The van der Waals surface area contributed by atoms with Gasteiger partial charge in [-0.3, -0.25) is 0 Å². The number of benzene rings is 1. The summed E-state index contributed by atoms with van der Waals surface area (Å²) in [7, 11) is 0. The predicted molar refractivity (Wildman–Crippen MR) is 58.9 cm³/mol. The van der Waals surface area contributed by atoms with Crippen molar-refractivity contribution in [2.24, 2.45) is 5.41 Å². The molecule has 0 atom stereocenters. The maximum Gasteiger partial charge on any atom is 0.0687 e. The first-order valence-corrected chi connectivity index (χ1v) is 5.06. The lowest BCUT2D eigenvalue weighted by atomic mass is 9.87. The van der Waals surface area contributed by atoms with Gasteiger partial charge in [0.05, 0.1) is 11.5 Å². The first kappa shape index (κ1) is 10.8. The maximum atomic E-state index is 8.93. The summed E-state index contributed by atoms with van der Waals surface area (Å²) in [6.45, 7) is 6.10. The molecule has 0 heterocycles. The van der Waals surface area contributed by atoms with Crippen LogP contribution in [0, 0.1) is 16.7 Å². The largest absolute Gasteiger partial charge is 0.198 e. The van der Waals surface area contributed by atoms with Gasteiger partial charge in [0.2, 0.25) is 0 Å². The molecule has 0 aliphatic rings. The fourth-order valence-corrected chi connectivity index (χ4v) is 1.51. The van der Waals surface area contributed by atoms with E-state index in [1.165, 1.54) is 11.1 Å². The molecule has 0 saturated carbocycles. The number of hydrogen-bond acceptors (Lipinski definition) is 1. The summed E-state index contributed by atoms with van der Waals surface area (Å²) in [5.41, 5.74) is 2.35. The lowest BCUT2D eigenvalue weighted by Gasteiger charge is -2.15. The highest BCUT2D eigenvalue weighted by Gasteiger charge is 2.16. The van der Waals surface area contributed by atoms with E-state index in [1.54, 1.807) is 0 Å². The fourth-order valence-electron chi connectivity index (χ4n) is 1.51. The van der Waals surface area contributed by atoms with Crippen LogP contribution in [-0.2, 0) is 12.8 Å². The monoisotopic (exact) mass is 187 g/mol. The van der Waals surface area contributed by atoms with Crippen molar-refractivity contribution in [3.63, 3.8) is 0 Å². The summed E-state index contributed by atoms with van der Waals surface area (Å²) in [6, 6.07) is 10.8. The quantitative estimate of drug-likeness (QED) is 0.712. The lowest BCUT2D eigenvalue weighted by Crippen LogP contribution is -2.11. The molecule has 1 nitrogen and oxygen atoms in total. The molecule has 14 heavy (non-hydrogen) atoms. The van der Waals surface area contributed by atoms with E-state index in [9.17, 15) is 0 Å². The molecule has 1 rings (SSSR count). The van der Waals surface area contributed by atoms with Crippen LogP contribution in [0.5, 0.6) is 0 Å². The molecule has 0 amide bonds. The van der Waals surface area contributed by atoms with E-state index in [1.807, 2.05) is 13.8 Å². The molecule has 1 aromatic carbocycles. The van der Waals surface area contributed by atoms with Crippen LogP contribution in [0.1, 0.15) is 31.9 Å². The van der Waals surface area contributed by atoms with Gasteiger partial charge >= 0.3 is 0 Å². The summed E-state index contributed by atoms with van der Waals surface area (Å²) in [4.78, 5) is 0. The molecule has 0 radical (unpaired) electrons. The zero-order valence-electron chi connectivity index (χ0n) is 9.17. The highest BCUT2D eigenvalue weighted by atomic mass is 14.3. The Hall–Kier alpha value is -1.29. The van der Waals surface area contributed by atoms with Crippen LogP contribution in [0.3, 0.4) is 0 Å². The predicted octanol–water partition coefficient (Wildman–Crippen LogP) is 3.34. The van der Waals surface area contributed by atoms with Crippen molar-refractivity contribution in [1.82, 2.24) is 0 Å². The van der Waals surface area contributed by atoms with E-state index in [0.717, 1.165) is 12.8 Å². The second-order valence-electron chi connectivity index (χ2n) is 4.35. The van der Waals surface area contributed by atoms with Gasteiger partial charge in [0.25, 0.3) is 0 Å². The minimum absolute atomic E-state index is 0.258. The first-order valence-electron chi connectivity index (χ1n) is 5.06. The molecular formula is C13H17N. The molecule has 0 aromatic heterocycles. The van der Waals surface area contributed by atoms with Gasteiger partial charge in [-0.1, -0.05) is 31.2 Å². The number of nitriles is 1. The van der Waals surface area contributed by atoms with Gasteiger partial charge in [0, 0.05) is 0 Å². The van der Waals surface area contributed by atoms with E-state index in [0.29, 0.717) is 0 Å². The molecule has 1 heteroatoms. The molecular weight excluding hydrogens is 170 g/mol. The third kappa shape index (κ3) is 2.88. The fraction of sp³-hybridized carbons (Fsp3) is 0.462. The molecule has 0 bridgehead atoms. The van der Waals surface area contributed by atoms with Crippen molar-refractivity contribution >= 4 is 0 Å². The molecule has 0 N–H and O–H groups in total. The van der Waals surface area contributed by atoms with Crippen LogP contribution in [0.25, 0.3) is 0 Å². The second-order valence-corrected chi connectivity index (χ2v) is 4.35. The van der Waals surface area contributed by atoms with Crippen LogP contribution in [0.2, 0.25) is 0 Å². The van der Waals surface area contributed by atoms with Crippen LogP contribution < -0.4 is 0 Å². The van der Waals surface area contributed by atoms with Crippen molar-refractivity contribution in [1.29, 1.82) is 5.26 Å². The third-order valence-corrected chi connectivity index (χ3v) is 2.35. The Kier molecular flexibility index (Phi) is 3.30. The standard InChI is InChI=1S/C13H17N/c1-4-11-6-5-7-12(8-11)9-13(2,3)10-14/h5-8H,4,9H2,1-3H3. The van der Waals surface area contributed by atoms with Crippen LogP contribution in [0.15, 0.2) is 24.3 Å². The van der Waals surface area contributed by atoms with E-state index < -0.39 is 0 Å². The Bertz CT molecular complexity index is 344.